The van der Waals surface area contributed by atoms with Gasteiger partial charge >= 0.3 is 0 Å². The molecule has 3 nitrogen and oxygen atoms in total. The second-order valence-electron chi connectivity index (χ2n) is 4.18. The molecule has 0 aliphatic rings. The van der Waals surface area contributed by atoms with Crippen molar-refractivity contribution in [3.63, 3.8) is 0 Å². The van der Waals surface area contributed by atoms with Crippen LogP contribution in [0.25, 0.3) is 0 Å². The fourth-order valence-corrected chi connectivity index (χ4v) is 1.93. The first kappa shape index (κ1) is 14.9. The molecule has 0 bridgehead atoms. The quantitative estimate of drug-likeness (QED) is 0.903. The van der Waals surface area contributed by atoms with Gasteiger partial charge in [-0.15, -0.1) is 0 Å². The van der Waals surface area contributed by atoms with E-state index in [1.807, 2.05) is 0 Å². The van der Waals surface area contributed by atoms with Crippen LogP contribution in [0.15, 0.2) is 34.9 Å². The molecular weight excluding hydrogens is 330 g/mol. The maximum Gasteiger partial charge on any atom is 0.191 e. The lowest BCUT2D eigenvalue weighted by Crippen LogP contribution is -2.07. The molecule has 1 N–H and O–H groups in total. The number of benzene rings is 1. The van der Waals surface area contributed by atoms with E-state index in [4.69, 9.17) is 4.74 Å². The predicted molar refractivity (Wildman–Crippen MR) is 75.4 cm³/mol. The smallest absolute Gasteiger partial charge is 0.191 e. The Labute approximate surface area is 124 Å². The van der Waals surface area contributed by atoms with Crippen LogP contribution in [0.1, 0.15) is 11.3 Å². The highest BCUT2D eigenvalue weighted by Crippen LogP contribution is 2.24. The second-order valence-corrected chi connectivity index (χ2v) is 5.09. The van der Waals surface area contributed by atoms with Crippen molar-refractivity contribution >= 4 is 15.9 Å². The SMILES string of the molecule is CNCc1cc(F)c(OCc2ccc(Br)cn2)c(F)c1. The Morgan fingerprint density at radius 3 is 2.50 bits per heavy atom. The van der Waals surface area contributed by atoms with E-state index in [0.29, 0.717) is 17.8 Å². The molecule has 1 aromatic carbocycles. The zero-order chi connectivity index (χ0) is 14.5. The van der Waals surface area contributed by atoms with E-state index in [-0.39, 0.29) is 12.4 Å². The van der Waals surface area contributed by atoms with Crippen molar-refractivity contribution < 1.29 is 13.5 Å². The number of halogens is 3. The third kappa shape index (κ3) is 3.74. The van der Waals surface area contributed by atoms with Crippen LogP contribution < -0.4 is 10.1 Å². The van der Waals surface area contributed by atoms with E-state index in [0.717, 1.165) is 4.47 Å². The Bertz CT molecular complexity index is 567. The molecule has 0 aliphatic carbocycles. The Morgan fingerprint density at radius 1 is 1.25 bits per heavy atom. The predicted octanol–water partition coefficient (Wildman–Crippen LogP) is 3.42. The van der Waals surface area contributed by atoms with E-state index in [1.54, 1.807) is 25.4 Å². The van der Waals surface area contributed by atoms with Crippen molar-refractivity contribution in [3.05, 3.63) is 57.8 Å². The van der Waals surface area contributed by atoms with E-state index in [9.17, 15) is 8.78 Å². The summed E-state index contributed by atoms with van der Waals surface area (Å²) in [7, 11) is 1.71. The van der Waals surface area contributed by atoms with Gasteiger partial charge in [-0.25, -0.2) is 8.78 Å². The van der Waals surface area contributed by atoms with Crippen molar-refractivity contribution in [2.45, 2.75) is 13.2 Å². The molecule has 2 rings (SSSR count). The van der Waals surface area contributed by atoms with Crippen LogP contribution >= 0.6 is 15.9 Å². The van der Waals surface area contributed by atoms with Crippen LogP contribution in [-0.2, 0) is 13.2 Å². The number of nitrogens with one attached hydrogen (secondary N) is 1. The summed E-state index contributed by atoms with van der Waals surface area (Å²) < 4.78 is 33.6. The lowest BCUT2D eigenvalue weighted by molar-refractivity contribution is 0.270. The first-order valence-corrected chi connectivity index (χ1v) is 6.75. The highest BCUT2D eigenvalue weighted by Gasteiger charge is 2.13. The molecule has 0 amide bonds. The van der Waals surface area contributed by atoms with Crippen LogP contribution in [0.2, 0.25) is 0 Å². The lowest BCUT2D eigenvalue weighted by Gasteiger charge is -2.10. The molecule has 0 radical (unpaired) electrons. The molecule has 0 unspecified atom stereocenters. The maximum atomic E-state index is 13.8. The van der Waals surface area contributed by atoms with Crippen molar-refractivity contribution in [1.82, 2.24) is 10.3 Å². The standard InChI is InChI=1S/C14H13BrF2N2O/c1-18-6-9-4-12(16)14(13(17)5-9)20-8-11-3-2-10(15)7-19-11/h2-5,7,18H,6,8H2,1H3. The summed E-state index contributed by atoms with van der Waals surface area (Å²) in [5, 5.41) is 2.83. The Kier molecular flexibility index (Phi) is 5.03. The van der Waals surface area contributed by atoms with Gasteiger partial charge in [0.1, 0.15) is 6.61 Å². The average molecular weight is 343 g/mol. The number of hydrogen-bond donors (Lipinski definition) is 1. The minimum atomic E-state index is -0.715. The largest absolute Gasteiger partial charge is 0.481 e. The van der Waals surface area contributed by atoms with E-state index >= 15 is 0 Å². The molecule has 0 aliphatic heterocycles. The van der Waals surface area contributed by atoms with Gasteiger partial charge in [0.15, 0.2) is 17.4 Å². The Balaban J connectivity index is 2.11. The summed E-state index contributed by atoms with van der Waals surface area (Å²) in [6.07, 6.45) is 1.60. The Morgan fingerprint density at radius 2 is 1.95 bits per heavy atom. The second kappa shape index (κ2) is 6.76. The van der Waals surface area contributed by atoms with E-state index in [2.05, 4.69) is 26.2 Å². The van der Waals surface area contributed by atoms with Crippen molar-refractivity contribution in [1.29, 1.82) is 0 Å². The van der Waals surface area contributed by atoms with Gasteiger partial charge in [-0.2, -0.15) is 0 Å². The molecule has 0 atom stereocenters. The van der Waals surface area contributed by atoms with Crippen LogP contribution in [0.3, 0.4) is 0 Å². The lowest BCUT2D eigenvalue weighted by atomic mass is 10.2. The average Bonchev–Trinajstić information content (AvgIpc) is 2.40. The normalized spacial score (nSPS) is 10.6. The molecule has 1 heterocycles. The minimum Gasteiger partial charge on any atom is -0.481 e. The van der Waals surface area contributed by atoms with Crippen molar-refractivity contribution in [2.75, 3.05) is 7.05 Å². The number of aromatic nitrogens is 1. The fraction of sp³-hybridized carbons (Fsp3) is 0.214. The number of ether oxygens (including phenoxy) is 1. The molecule has 20 heavy (non-hydrogen) atoms. The highest BCUT2D eigenvalue weighted by atomic mass is 79.9. The maximum absolute atomic E-state index is 13.8. The molecule has 1 aromatic heterocycles. The first-order chi connectivity index (χ1) is 9.60. The summed E-state index contributed by atoms with van der Waals surface area (Å²) in [6, 6.07) is 6.01. The first-order valence-electron chi connectivity index (χ1n) is 5.96. The van der Waals surface area contributed by atoms with E-state index in [1.165, 1.54) is 12.1 Å². The van der Waals surface area contributed by atoms with Crippen molar-refractivity contribution in [2.24, 2.45) is 0 Å². The van der Waals surface area contributed by atoms with Crippen molar-refractivity contribution in [3.8, 4) is 5.75 Å². The molecule has 0 fully saturated rings. The summed E-state index contributed by atoms with van der Waals surface area (Å²) in [4.78, 5) is 4.07. The van der Waals surface area contributed by atoms with Crippen LogP contribution in [0, 0.1) is 11.6 Å². The Hall–Kier alpha value is -1.53. The molecular formula is C14H13BrF2N2O. The summed E-state index contributed by atoms with van der Waals surface area (Å²) in [5.74, 6) is -1.81. The van der Waals surface area contributed by atoms with Crippen LogP contribution in [0.4, 0.5) is 8.78 Å². The van der Waals surface area contributed by atoms with Gasteiger partial charge in [-0.05, 0) is 52.8 Å². The number of hydrogen-bond acceptors (Lipinski definition) is 3. The van der Waals surface area contributed by atoms with Gasteiger partial charge in [0.2, 0.25) is 0 Å². The van der Waals surface area contributed by atoms with Gasteiger partial charge < -0.3 is 10.1 Å². The molecule has 0 spiro atoms. The number of rotatable bonds is 5. The summed E-state index contributed by atoms with van der Waals surface area (Å²) in [6.45, 7) is 0.398. The molecule has 0 saturated heterocycles. The highest BCUT2D eigenvalue weighted by molar-refractivity contribution is 9.10. The van der Waals surface area contributed by atoms with Gasteiger partial charge in [0.25, 0.3) is 0 Å². The minimum absolute atomic E-state index is 0.00644. The van der Waals surface area contributed by atoms with Crippen LogP contribution in [-0.4, -0.2) is 12.0 Å². The molecule has 2 aromatic rings. The zero-order valence-corrected chi connectivity index (χ0v) is 12.4. The van der Waals surface area contributed by atoms with Gasteiger partial charge in [0, 0.05) is 17.2 Å². The van der Waals surface area contributed by atoms with Gasteiger partial charge in [-0.3, -0.25) is 4.98 Å². The van der Waals surface area contributed by atoms with E-state index < -0.39 is 11.6 Å². The van der Waals surface area contributed by atoms with Gasteiger partial charge in [-0.1, -0.05) is 0 Å². The topological polar surface area (TPSA) is 34.1 Å². The summed E-state index contributed by atoms with van der Waals surface area (Å²) in [5.41, 5.74) is 1.11. The number of pyridine rings is 1. The summed E-state index contributed by atoms with van der Waals surface area (Å²) >= 11 is 3.26. The molecule has 0 saturated carbocycles. The third-order valence-corrected chi connectivity index (χ3v) is 3.06. The van der Waals surface area contributed by atoms with Gasteiger partial charge in [0.05, 0.1) is 5.69 Å². The number of nitrogens with zero attached hydrogens (tertiary/aromatic N) is 1. The zero-order valence-electron chi connectivity index (χ0n) is 10.8. The molecule has 6 heteroatoms. The fourth-order valence-electron chi connectivity index (χ4n) is 1.69. The monoisotopic (exact) mass is 342 g/mol. The van der Waals surface area contributed by atoms with Crippen LogP contribution in [0.5, 0.6) is 5.75 Å². The third-order valence-electron chi connectivity index (χ3n) is 2.59. The molecule has 106 valence electrons.